The molecule has 0 amide bonds. The fraction of sp³-hybridized carbons (Fsp3) is 0.333. The molecule has 136 valence electrons. The number of allylic oxidation sites excluding steroid dienone is 2. The van der Waals surface area contributed by atoms with Gasteiger partial charge in [-0.2, -0.15) is 0 Å². The number of benzene rings is 1. The van der Waals surface area contributed by atoms with E-state index in [0.717, 1.165) is 12.8 Å². The van der Waals surface area contributed by atoms with Gasteiger partial charge in [0, 0.05) is 12.3 Å². The molecule has 0 saturated heterocycles. The monoisotopic (exact) mass is 353 g/mol. The molecule has 0 saturated carbocycles. The number of nitrogens with zero attached hydrogens (tertiary/aromatic N) is 1. The van der Waals surface area contributed by atoms with Crippen molar-refractivity contribution >= 4 is 5.97 Å². The zero-order valence-electron chi connectivity index (χ0n) is 14.8. The summed E-state index contributed by atoms with van der Waals surface area (Å²) in [6.45, 7) is 2.54. The van der Waals surface area contributed by atoms with Gasteiger partial charge in [0.15, 0.2) is 6.61 Å². The van der Waals surface area contributed by atoms with Crippen molar-refractivity contribution in [2.75, 3.05) is 13.2 Å². The number of pyridine rings is 1. The van der Waals surface area contributed by atoms with E-state index in [-0.39, 0.29) is 12.6 Å². The first kappa shape index (κ1) is 18.0. The van der Waals surface area contributed by atoms with E-state index in [1.807, 2.05) is 12.1 Å². The number of esters is 1. The van der Waals surface area contributed by atoms with E-state index in [4.69, 9.17) is 14.2 Å². The van der Waals surface area contributed by atoms with Crippen LogP contribution in [0.4, 0.5) is 0 Å². The van der Waals surface area contributed by atoms with Crippen molar-refractivity contribution in [3.63, 3.8) is 0 Å². The highest BCUT2D eigenvalue weighted by Gasteiger charge is 2.20. The smallest absolute Gasteiger partial charge is 0.344 e. The number of rotatable bonds is 7. The van der Waals surface area contributed by atoms with Crippen LogP contribution in [0, 0.1) is 11.8 Å². The number of hydrogen-bond donors (Lipinski definition) is 0. The van der Waals surface area contributed by atoms with Crippen LogP contribution < -0.4 is 9.47 Å². The largest absolute Gasteiger partial charge is 0.482 e. The molecule has 0 aliphatic heterocycles. The fourth-order valence-corrected chi connectivity index (χ4v) is 2.75. The molecule has 1 heterocycles. The Morgan fingerprint density at radius 3 is 2.58 bits per heavy atom. The van der Waals surface area contributed by atoms with Gasteiger partial charge in [-0.1, -0.05) is 25.1 Å². The van der Waals surface area contributed by atoms with Crippen LogP contribution in [0.3, 0.4) is 0 Å². The van der Waals surface area contributed by atoms with Crippen molar-refractivity contribution in [1.82, 2.24) is 4.98 Å². The lowest BCUT2D eigenvalue weighted by molar-refractivity contribution is -0.147. The SMILES string of the molecule is CC1CC=CCC1COC(=O)COc1ccc(Oc2ccccn2)cc1. The first-order chi connectivity index (χ1) is 12.7. The second-order valence-corrected chi connectivity index (χ2v) is 6.39. The van der Waals surface area contributed by atoms with Crippen LogP contribution in [0.2, 0.25) is 0 Å². The molecule has 0 bridgehead atoms. The van der Waals surface area contributed by atoms with Gasteiger partial charge in [-0.05, 0) is 55.0 Å². The summed E-state index contributed by atoms with van der Waals surface area (Å²) < 4.78 is 16.4. The zero-order chi connectivity index (χ0) is 18.2. The Morgan fingerprint density at radius 2 is 1.85 bits per heavy atom. The molecule has 1 aliphatic rings. The highest BCUT2D eigenvalue weighted by Crippen LogP contribution is 2.25. The molecule has 1 aliphatic carbocycles. The van der Waals surface area contributed by atoms with Crippen LogP contribution in [-0.2, 0) is 9.53 Å². The summed E-state index contributed by atoms with van der Waals surface area (Å²) in [5, 5.41) is 0. The van der Waals surface area contributed by atoms with Gasteiger partial charge in [0.05, 0.1) is 6.61 Å². The predicted octanol–water partition coefficient (Wildman–Crippen LogP) is 4.40. The molecule has 2 aromatic rings. The van der Waals surface area contributed by atoms with E-state index in [1.54, 1.807) is 36.5 Å². The van der Waals surface area contributed by atoms with Crippen molar-refractivity contribution in [3.8, 4) is 17.4 Å². The minimum atomic E-state index is -0.347. The molecule has 5 nitrogen and oxygen atoms in total. The molecule has 26 heavy (non-hydrogen) atoms. The minimum Gasteiger partial charge on any atom is -0.482 e. The summed E-state index contributed by atoms with van der Waals surface area (Å²) >= 11 is 0. The molecule has 2 atom stereocenters. The van der Waals surface area contributed by atoms with E-state index < -0.39 is 0 Å². The lowest BCUT2D eigenvalue weighted by Crippen LogP contribution is -2.24. The zero-order valence-corrected chi connectivity index (χ0v) is 14.8. The molecule has 2 unspecified atom stereocenters. The molecule has 1 aromatic carbocycles. The van der Waals surface area contributed by atoms with Crippen LogP contribution in [0.5, 0.6) is 17.4 Å². The van der Waals surface area contributed by atoms with E-state index in [1.165, 1.54) is 0 Å². The maximum absolute atomic E-state index is 11.9. The van der Waals surface area contributed by atoms with E-state index in [0.29, 0.717) is 35.8 Å². The minimum absolute atomic E-state index is 0.0998. The normalized spacial score (nSPS) is 19.0. The average molecular weight is 353 g/mol. The highest BCUT2D eigenvalue weighted by atomic mass is 16.6. The maximum Gasteiger partial charge on any atom is 0.344 e. The molecular formula is C21H23NO4. The lowest BCUT2D eigenvalue weighted by atomic mass is 9.85. The second kappa shape index (κ2) is 9.04. The molecule has 0 N–H and O–H groups in total. The van der Waals surface area contributed by atoms with Gasteiger partial charge in [-0.25, -0.2) is 9.78 Å². The Labute approximate surface area is 153 Å². The summed E-state index contributed by atoms with van der Waals surface area (Å²) in [4.78, 5) is 16.0. The molecule has 5 heteroatoms. The van der Waals surface area contributed by atoms with Gasteiger partial charge in [0.25, 0.3) is 0 Å². The number of aromatic nitrogens is 1. The van der Waals surface area contributed by atoms with Crippen LogP contribution in [0.1, 0.15) is 19.8 Å². The third kappa shape index (κ3) is 5.34. The van der Waals surface area contributed by atoms with Crippen molar-refractivity contribution in [3.05, 3.63) is 60.8 Å². The quantitative estimate of drug-likeness (QED) is 0.545. The molecular weight excluding hydrogens is 330 g/mol. The van der Waals surface area contributed by atoms with Gasteiger partial charge in [0.1, 0.15) is 11.5 Å². The van der Waals surface area contributed by atoms with Crippen molar-refractivity contribution < 1.29 is 19.0 Å². The van der Waals surface area contributed by atoms with Crippen molar-refractivity contribution in [2.45, 2.75) is 19.8 Å². The van der Waals surface area contributed by atoms with Crippen LogP contribution in [0.25, 0.3) is 0 Å². The Kier molecular flexibility index (Phi) is 6.25. The summed E-state index contributed by atoms with van der Waals surface area (Å²) in [6, 6.07) is 12.5. The van der Waals surface area contributed by atoms with Gasteiger partial charge in [0.2, 0.25) is 5.88 Å². The van der Waals surface area contributed by atoms with E-state index in [9.17, 15) is 4.79 Å². The average Bonchev–Trinajstić information content (AvgIpc) is 2.68. The number of carbonyl (C=O) groups excluding carboxylic acids is 1. The van der Waals surface area contributed by atoms with Crippen molar-refractivity contribution in [2.24, 2.45) is 11.8 Å². The highest BCUT2D eigenvalue weighted by molar-refractivity contribution is 5.71. The first-order valence-electron chi connectivity index (χ1n) is 8.83. The Balaban J connectivity index is 1.41. The van der Waals surface area contributed by atoms with E-state index in [2.05, 4.69) is 24.1 Å². The molecule has 3 rings (SSSR count). The lowest BCUT2D eigenvalue weighted by Gasteiger charge is -2.24. The third-order valence-electron chi connectivity index (χ3n) is 4.42. The van der Waals surface area contributed by atoms with E-state index >= 15 is 0 Å². The molecule has 0 radical (unpaired) electrons. The standard InChI is InChI=1S/C21H23NO4/c1-16-6-2-3-7-17(16)14-25-21(23)15-24-18-9-11-19(12-10-18)26-20-8-4-5-13-22-20/h2-5,8-13,16-17H,6-7,14-15H2,1H3. The molecule has 1 aromatic heterocycles. The Morgan fingerprint density at radius 1 is 1.08 bits per heavy atom. The number of ether oxygens (including phenoxy) is 3. The second-order valence-electron chi connectivity index (χ2n) is 6.39. The van der Waals surface area contributed by atoms with Gasteiger partial charge in [-0.15, -0.1) is 0 Å². The van der Waals surface area contributed by atoms with Crippen molar-refractivity contribution in [1.29, 1.82) is 0 Å². The fourth-order valence-electron chi connectivity index (χ4n) is 2.75. The number of hydrogen-bond acceptors (Lipinski definition) is 5. The third-order valence-corrected chi connectivity index (χ3v) is 4.42. The summed E-state index contributed by atoms with van der Waals surface area (Å²) in [6.07, 6.45) is 8.03. The first-order valence-corrected chi connectivity index (χ1v) is 8.83. The van der Waals surface area contributed by atoms with Crippen LogP contribution >= 0.6 is 0 Å². The van der Waals surface area contributed by atoms with Gasteiger partial charge < -0.3 is 14.2 Å². The number of carbonyl (C=O) groups is 1. The van der Waals surface area contributed by atoms with Gasteiger partial charge in [-0.3, -0.25) is 0 Å². The maximum atomic E-state index is 11.9. The summed E-state index contributed by atoms with van der Waals surface area (Å²) in [5.74, 6) is 2.35. The predicted molar refractivity (Wildman–Crippen MR) is 98.2 cm³/mol. The molecule has 0 spiro atoms. The summed E-state index contributed by atoms with van der Waals surface area (Å²) in [5.41, 5.74) is 0. The Bertz CT molecular complexity index is 727. The Hall–Kier alpha value is -2.82. The van der Waals surface area contributed by atoms with Gasteiger partial charge >= 0.3 is 5.97 Å². The summed E-state index contributed by atoms with van der Waals surface area (Å²) in [7, 11) is 0. The van der Waals surface area contributed by atoms with Crippen LogP contribution in [0.15, 0.2) is 60.8 Å². The topological polar surface area (TPSA) is 57.7 Å². The van der Waals surface area contributed by atoms with Crippen LogP contribution in [-0.4, -0.2) is 24.2 Å². The molecule has 0 fully saturated rings.